The molecule has 0 spiro atoms. The average molecular weight is 447 g/mol. The minimum Gasteiger partial charge on any atom is -0.330 e. The molecule has 1 fully saturated rings. The van der Waals surface area contributed by atoms with Crippen molar-refractivity contribution in [2.45, 2.75) is 71.5 Å². The van der Waals surface area contributed by atoms with Crippen LogP contribution in [-0.4, -0.2) is 28.8 Å². The van der Waals surface area contributed by atoms with E-state index in [1.807, 2.05) is 49.9 Å². The molecule has 0 aliphatic heterocycles. The first-order valence-corrected chi connectivity index (χ1v) is 11.6. The van der Waals surface area contributed by atoms with Crippen LogP contribution in [0.3, 0.4) is 0 Å². The summed E-state index contributed by atoms with van der Waals surface area (Å²) in [6, 6.07) is 16.3. The number of amides is 2. The first-order chi connectivity index (χ1) is 15.7. The number of nitrogens with two attached hydrogens (primary N) is 1. The van der Waals surface area contributed by atoms with E-state index in [0.29, 0.717) is 24.1 Å². The van der Waals surface area contributed by atoms with Gasteiger partial charge in [0, 0.05) is 36.3 Å². The van der Waals surface area contributed by atoms with Crippen molar-refractivity contribution < 1.29 is 9.59 Å². The van der Waals surface area contributed by atoms with Crippen molar-refractivity contribution in [1.29, 1.82) is 5.26 Å². The molecule has 6 heteroatoms. The van der Waals surface area contributed by atoms with E-state index >= 15 is 0 Å². The summed E-state index contributed by atoms with van der Waals surface area (Å²) in [5, 5.41) is 12.0. The van der Waals surface area contributed by atoms with Crippen molar-refractivity contribution in [1.82, 2.24) is 4.90 Å². The highest BCUT2D eigenvalue weighted by atomic mass is 16.2. The Kier molecular flexibility index (Phi) is 7.88. The number of anilines is 1. The van der Waals surface area contributed by atoms with Gasteiger partial charge in [-0.05, 0) is 60.2 Å². The summed E-state index contributed by atoms with van der Waals surface area (Å²) in [5.74, 6) is -0.122. The van der Waals surface area contributed by atoms with Crippen LogP contribution in [0.15, 0.2) is 48.5 Å². The predicted octanol–water partition coefficient (Wildman–Crippen LogP) is 4.85. The molecular formula is C27H34N4O2. The highest BCUT2D eigenvalue weighted by Gasteiger charge is 2.31. The summed E-state index contributed by atoms with van der Waals surface area (Å²) in [7, 11) is 0. The van der Waals surface area contributed by atoms with Crippen molar-refractivity contribution in [3.8, 4) is 6.07 Å². The SMILES string of the molecule is CC(C)(C)CC(=O)Nc1cccc(CN(C(=O)c2ccc(C#N)cc2)C2CCCCC2N)c1. The molecule has 174 valence electrons. The van der Waals surface area contributed by atoms with Gasteiger partial charge in [0.25, 0.3) is 5.91 Å². The molecular weight excluding hydrogens is 412 g/mol. The second kappa shape index (κ2) is 10.6. The third-order valence-electron chi connectivity index (χ3n) is 5.96. The molecule has 33 heavy (non-hydrogen) atoms. The summed E-state index contributed by atoms with van der Waals surface area (Å²) in [5.41, 5.74) is 9.08. The minimum absolute atomic E-state index is 0.0283. The van der Waals surface area contributed by atoms with E-state index in [1.54, 1.807) is 24.3 Å². The van der Waals surface area contributed by atoms with E-state index in [1.165, 1.54) is 0 Å². The standard InChI is InChI=1S/C27H34N4O2/c1-27(2,3)16-25(32)30-22-8-6-7-20(15-22)18-31(24-10-5-4-9-23(24)29)26(33)21-13-11-19(17-28)12-14-21/h6-8,11-15,23-24H,4-5,9-10,16,18,29H2,1-3H3,(H,30,32). The lowest BCUT2D eigenvalue weighted by molar-refractivity contribution is -0.117. The fourth-order valence-electron chi connectivity index (χ4n) is 4.35. The van der Waals surface area contributed by atoms with Gasteiger partial charge in [0.15, 0.2) is 0 Å². The Morgan fingerprint density at radius 3 is 2.45 bits per heavy atom. The Labute approximate surface area is 196 Å². The van der Waals surface area contributed by atoms with Crippen LogP contribution in [0.25, 0.3) is 0 Å². The highest BCUT2D eigenvalue weighted by molar-refractivity contribution is 5.94. The zero-order valence-electron chi connectivity index (χ0n) is 19.8. The quantitative estimate of drug-likeness (QED) is 0.663. The molecule has 2 aromatic rings. The fourth-order valence-corrected chi connectivity index (χ4v) is 4.35. The number of nitriles is 1. The normalized spacial score (nSPS) is 18.3. The zero-order valence-corrected chi connectivity index (χ0v) is 19.8. The second-order valence-electron chi connectivity index (χ2n) is 10.1. The second-order valence-corrected chi connectivity index (χ2v) is 10.1. The van der Waals surface area contributed by atoms with Crippen molar-refractivity contribution in [3.05, 3.63) is 65.2 Å². The Bertz CT molecular complexity index is 1020. The molecule has 3 rings (SSSR count). The molecule has 2 unspecified atom stereocenters. The predicted molar refractivity (Wildman–Crippen MR) is 130 cm³/mol. The fraction of sp³-hybridized carbons (Fsp3) is 0.444. The number of benzene rings is 2. The van der Waals surface area contributed by atoms with E-state index in [4.69, 9.17) is 11.0 Å². The summed E-state index contributed by atoms with van der Waals surface area (Å²) in [4.78, 5) is 27.8. The number of carbonyl (C=O) groups excluding carboxylic acids is 2. The number of hydrogen-bond donors (Lipinski definition) is 2. The smallest absolute Gasteiger partial charge is 0.254 e. The van der Waals surface area contributed by atoms with Crippen LogP contribution in [0.1, 0.15) is 74.4 Å². The number of nitrogens with one attached hydrogen (secondary N) is 1. The molecule has 0 aromatic heterocycles. The zero-order chi connectivity index (χ0) is 24.0. The van der Waals surface area contributed by atoms with Gasteiger partial charge in [0.05, 0.1) is 11.6 Å². The number of rotatable bonds is 6. The van der Waals surface area contributed by atoms with Gasteiger partial charge in [-0.25, -0.2) is 0 Å². The Hall–Kier alpha value is -3.17. The van der Waals surface area contributed by atoms with E-state index in [2.05, 4.69) is 11.4 Å². The lowest BCUT2D eigenvalue weighted by Crippen LogP contribution is -2.51. The van der Waals surface area contributed by atoms with Gasteiger partial charge in [0.2, 0.25) is 5.91 Å². The van der Waals surface area contributed by atoms with Crippen LogP contribution in [0.2, 0.25) is 0 Å². The van der Waals surface area contributed by atoms with Crippen LogP contribution in [0, 0.1) is 16.7 Å². The third kappa shape index (κ3) is 6.90. The van der Waals surface area contributed by atoms with Crippen LogP contribution in [0.4, 0.5) is 5.69 Å². The maximum absolute atomic E-state index is 13.5. The largest absolute Gasteiger partial charge is 0.330 e. The van der Waals surface area contributed by atoms with Gasteiger partial charge in [-0.2, -0.15) is 5.26 Å². The van der Waals surface area contributed by atoms with Gasteiger partial charge in [-0.1, -0.05) is 45.7 Å². The number of carbonyl (C=O) groups is 2. The van der Waals surface area contributed by atoms with Gasteiger partial charge in [0.1, 0.15) is 0 Å². The Morgan fingerprint density at radius 2 is 1.82 bits per heavy atom. The first kappa shape index (κ1) is 24.5. The third-order valence-corrected chi connectivity index (χ3v) is 5.96. The summed E-state index contributed by atoms with van der Waals surface area (Å²) in [6.45, 7) is 6.50. The summed E-state index contributed by atoms with van der Waals surface area (Å²) in [6.07, 6.45) is 4.30. The van der Waals surface area contributed by atoms with Crippen LogP contribution >= 0.6 is 0 Å². The lowest BCUT2D eigenvalue weighted by atomic mass is 9.89. The molecule has 2 amide bonds. The summed E-state index contributed by atoms with van der Waals surface area (Å²) < 4.78 is 0. The van der Waals surface area contributed by atoms with E-state index in [-0.39, 0.29) is 29.3 Å². The molecule has 0 heterocycles. The van der Waals surface area contributed by atoms with E-state index in [9.17, 15) is 9.59 Å². The van der Waals surface area contributed by atoms with Gasteiger partial charge in [-0.15, -0.1) is 0 Å². The molecule has 2 atom stereocenters. The maximum Gasteiger partial charge on any atom is 0.254 e. The molecule has 1 aliphatic carbocycles. The van der Waals surface area contributed by atoms with Crippen molar-refractivity contribution in [3.63, 3.8) is 0 Å². The van der Waals surface area contributed by atoms with Crippen molar-refractivity contribution >= 4 is 17.5 Å². The monoisotopic (exact) mass is 446 g/mol. The first-order valence-electron chi connectivity index (χ1n) is 11.6. The topological polar surface area (TPSA) is 99.2 Å². The Balaban J connectivity index is 1.83. The van der Waals surface area contributed by atoms with Crippen molar-refractivity contribution in [2.24, 2.45) is 11.1 Å². The molecule has 1 saturated carbocycles. The van der Waals surface area contributed by atoms with Gasteiger partial charge < -0.3 is 16.0 Å². The number of nitrogens with zero attached hydrogens (tertiary/aromatic N) is 2. The molecule has 3 N–H and O–H groups in total. The number of hydrogen-bond acceptors (Lipinski definition) is 4. The summed E-state index contributed by atoms with van der Waals surface area (Å²) >= 11 is 0. The van der Waals surface area contributed by atoms with Gasteiger partial charge in [-0.3, -0.25) is 9.59 Å². The average Bonchev–Trinajstić information content (AvgIpc) is 2.76. The van der Waals surface area contributed by atoms with Crippen LogP contribution in [0.5, 0.6) is 0 Å². The van der Waals surface area contributed by atoms with E-state index < -0.39 is 0 Å². The van der Waals surface area contributed by atoms with Crippen LogP contribution in [-0.2, 0) is 11.3 Å². The molecule has 0 saturated heterocycles. The van der Waals surface area contributed by atoms with Gasteiger partial charge >= 0.3 is 0 Å². The highest BCUT2D eigenvalue weighted by Crippen LogP contribution is 2.26. The maximum atomic E-state index is 13.5. The Morgan fingerprint density at radius 1 is 1.12 bits per heavy atom. The minimum atomic E-state index is -0.0941. The molecule has 0 radical (unpaired) electrons. The molecule has 2 aromatic carbocycles. The molecule has 6 nitrogen and oxygen atoms in total. The van der Waals surface area contributed by atoms with Crippen molar-refractivity contribution in [2.75, 3.05) is 5.32 Å². The molecule has 0 bridgehead atoms. The molecule has 1 aliphatic rings. The lowest BCUT2D eigenvalue weighted by Gasteiger charge is -2.38. The van der Waals surface area contributed by atoms with E-state index in [0.717, 1.165) is 36.9 Å². The van der Waals surface area contributed by atoms with Crippen LogP contribution < -0.4 is 11.1 Å².